The van der Waals surface area contributed by atoms with Crippen molar-refractivity contribution >= 4 is 11.7 Å². The van der Waals surface area contributed by atoms with E-state index < -0.39 is 0 Å². The van der Waals surface area contributed by atoms with Crippen molar-refractivity contribution in [3.8, 4) is 0 Å². The number of rotatable bonds is 5. The molecule has 2 aromatic rings. The van der Waals surface area contributed by atoms with Crippen molar-refractivity contribution in [2.45, 2.75) is 39.8 Å². The first-order valence-electron chi connectivity index (χ1n) is 8.35. The maximum Gasteiger partial charge on any atom is 0.220 e. The Morgan fingerprint density at radius 2 is 2.08 bits per heavy atom. The van der Waals surface area contributed by atoms with Gasteiger partial charge < -0.3 is 9.80 Å². The number of aromatic nitrogens is 3. The molecule has 0 bridgehead atoms. The summed E-state index contributed by atoms with van der Waals surface area (Å²) in [7, 11) is 0. The Hall–Kier alpha value is -2.50. The normalized spacial score (nSPS) is 16.6. The van der Waals surface area contributed by atoms with Gasteiger partial charge in [-0.05, 0) is 38.0 Å². The third-order valence-corrected chi connectivity index (χ3v) is 4.44. The lowest BCUT2D eigenvalue weighted by Crippen LogP contribution is -2.44. The summed E-state index contributed by atoms with van der Waals surface area (Å²) < 4.78 is 0. The number of hydrogen-bond donors (Lipinski definition) is 0. The van der Waals surface area contributed by atoms with Gasteiger partial charge in [0.05, 0.1) is 11.7 Å². The molecule has 3 rings (SSSR count). The van der Waals surface area contributed by atoms with Gasteiger partial charge in [-0.3, -0.25) is 9.78 Å². The first-order chi connectivity index (χ1) is 11.6. The molecule has 2 aromatic heterocycles. The molecule has 0 radical (unpaired) electrons. The van der Waals surface area contributed by atoms with E-state index in [9.17, 15) is 4.79 Å². The molecule has 1 atom stereocenters. The number of hydrogen-bond acceptors (Lipinski definition) is 5. The van der Waals surface area contributed by atoms with Gasteiger partial charge in [0.25, 0.3) is 0 Å². The van der Waals surface area contributed by atoms with Crippen LogP contribution in [0.3, 0.4) is 0 Å². The van der Waals surface area contributed by atoms with Crippen LogP contribution in [0.1, 0.15) is 43.4 Å². The lowest BCUT2D eigenvalue weighted by Gasteiger charge is -2.40. The van der Waals surface area contributed by atoms with Crippen molar-refractivity contribution in [2.75, 3.05) is 18.0 Å². The molecule has 3 heterocycles. The zero-order chi connectivity index (χ0) is 17.1. The smallest absolute Gasteiger partial charge is 0.220 e. The van der Waals surface area contributed by atoms with E-state index >= 15 is 0 Å². The Morgan fingerprint density at radius 1 is 1.33 bits per heavy atom. The predicted molar refractivity (Wildman–Crippen MR) is 92.5 cm³/mol. The number of carbonyl (C=O) groups excluding carboxylic acids is 1. The average molecular weight is 325 g/mol. The van der Waals surface area contributed by atoms with E-state index in [1.807, 2.05) is 30.0 Å². The standard InChI is InChI=1S/C18H23N5O/c1-4-22(12-15-5-8-19-9-6-15)18-11-16(20-13(2)21-18)17-7-10-23(17)14(3)24/h5-6,8-9,11,17H,4,7,10,12H2,1-3H3/t17-/m1/s1. The van der Waals surface area contributed by atoms with Crippen LogP contribution < -0.4 is 4.90 Å². The fraction of sp³-hybridized carbons (Fsp3) is 0.444. The molecule has 1 amide bonds. The van der Waals surface area contributed by atoms with Crippen LogP contribution in [-0.2, 0) is 11.3 Å². The Bertz CT molecular complexity index is 719. The summed E-state index contributed by atoms with van der Waals surface area (Å²) in [5.74, 6) is 1.76. The maximum absolute atomic E-state index is 11.7. The molecule has 6 nitrogen and oxygen atoms in total. The van der Waals surface area contributed by atoms with Gasteiger partial charge in [-0.1, -0.05) is 0 Å². The quantitative estimate of drug-likeness (QED) is 0.845. The number of amides is 1. The molecule has 0 saturated carbocycles. The number of pyridine rings is 1. The molecule has 1 aliphatic rings. The summed E-state index contributed by atoms with van der Waals surface area (Å²) in [6, 6.07) is 6.14. The van der Waals surface area contributed by atoms with E-state index in [4.69, 9.17) is 0 Å². The van der Waals surface area contributed by atoms with Crippen LogP contribution in [0.2, 0.25) is 0 Å². The maximum atomic E-state index is 11.7. The lowest BCUT2D eigenvalue weighted by atomic mass is 9.99. The topological polar surface area (TPSA) is 62.2 Å². The third-order valence-electron chi connectivity index (χ3n) is 4.44. The second-order valence-electron chi connectivity index (χ2n) is 6.08. The molecule has 1 fully saturated rings. The van der Waals surface area contributed by atoms with Crippen LogP contribution in [0.4, 0.5) is 5.82 Å². The highest BCUT2D eigenvalue weighted by Gasteiger charge is 2.33. The molecular weight excluding hydrogens is 302 g/mol. The number of anilines is 1. The summed E-state index contributed by atoms with van der Waals surface area (Å²) in [6.45, 7) is 8.07. The minimum atomic E-state index is 0.0857. The predicted octanol–water partition coefficient (Wildman–Crippen LogP) is 2.50. The second-order valence-corrected chi connectivity index (χ2v) is 6.08. The van der Waals surface area contributed by atoms with Crippen molar-refractivity contribution in [2.24, 2.45) is 0 Å². The van der Waals surface area contributed by atoms with E-state index in [0.29, 0.717) is 0 Å². The van der Waals surface area contributed by atoms with Crippen LogP contribution >= 0.6 is 0 Å². The van der Waals surface area contributed by atoms with Crippen molar-refractivity contribution in [1.82, 2.24) is 19.9 Å². The average Bonchev–Trinajstić information content (AvgIpc) is 2.51. The molecule has 0 aromatic carbocycles. The monoisotopic (exact) mass is 325 g/mol. The zero-order valence-corrected chi connectivity index (χ0v) is 14.4. The first-order valence-corrected chi connectivity index (χ1v) is 8.35. The largest absolute Gasteiger partial charge is 0.352 e. The number of carbonyl (C=O) groups is 1. The van der Waals surface area contributed by atoms with Gasteiger partial charge in [0, 0.05) is 45.0 Å². The van der Waals surface area contributed by atoms with E-state index in [2.05, 4.69) is 26.8 Å². The van der Waals surface area contributed by atoms with Gasteiger partial charge in [0.1, 0.15) is 11.6 Å². The van der Waals surface area contributed by atoms with Crippen LogP contribution in [0, 0.1) is 6.92 Å². The molecule has 1 saturated heterocycles. The third kappa shape index (κ3) is 3.37. The van der Waals surface area contributed by atoms with E-state index in [0.717, 1.165) is 43.4 Å². The van der Waals surface area contributed by atoms with Gasteiger partial charge in [-0.25, -0.2) is 9.97 Å². The SMILES string of the molecule is CCN(Cc1ccncc1)c1cc([C@H]2CCN2C(C)=O)nc(C)n1. The van der Waals surface area contributed by atoms with Crippen molar-refractivity contribution in [3.05, 3.63) is 47.7 Å². The molecule has 0 N–H and O–H groups in total. The fourth-order valence-corrected chi connectivity index (χ4v) is 3.04. The van der Waals surface area contributed by atoms with Crippen LogP contribution in [0.5, 0.6) is 0 Å². The molecule has 24 heavy (non-hydrogen) atoms. The van der Waals surface area contributed by atoms with Crippen LogP contribution in [0.25, 0.3) is 0 Å². The van der Waals surface area contributed by atoms with Gasteiger partial charge in [-0.2, -0.15) is 0 Å². The molecule has 1 aliphatic heterocycles. The van der Waals surface area contributed by atoms with E-state index in [1.165, 1.54) is 5.56 Å². The number of likely N-dealkylation sites (tertiary alicyclic amines) is 1. The lowest BCUT2D eigenvalue weighted by molar-refractivity contribution is -0.136. The summed E-state index contributed by atoms with van der Waals surface area (Å²) in [5.41, 5.74) is 2.13. The van der Waals surface area contributed by atoms with Crippen LogP contribution in [-0.4, -0.2) is 38.8 Å². The Balaban J connectivity index is 1.85. The molecule has 126 valence electrons. The molecule has 6 heteroatoms. The fourth-order valence-electron chi connectivity index (χ4n) is 3.04. The Kier molecular flexibility index (Phi) is 4.74. The zero-order valence-electron chi connectivity index (χ0n) is 14.4. The van der Waals surface area contributed by atoms with E-state index in [-0.39, 0.29) is 11.9 Å². The Labute approximate surface area is 142 Å². The summed E-state index contributed by atoms with van der Waals surface area (Å²) in [5, 5.41) is 0. The molecule has 0 aliphatic carbocycles. The number of nitrogens with zero attached hydrogens (tertiary/aromatic N) is 5. The van der Waals surface area contributed by atoms with Crippen molar-refractivity contribution < 1.29 is 4.79 Å². The second kappa shape index (κ2) is 6.95. The van der Waals surface area contributed by atoms with Gasteiger partial charge >= 0.3 is 0 Å². The van der Waals surface area contributed by atoms with Gasteiger partial charge in [0.2, 0.25) is 5.91 Å². The molecule has 0 unspecified atom stereocenters. The summed E-state index contributed by atoms with van der Waals surface area (Å²) in [6.07, 6.45) is 4.57. The van der Waals surface area contributed by atoms with E-state index in [1.54, 1.807) is 19.3 Å². The molecular formula is C18H23N5O. The van der Waals surface area contributed by atoms with Crippen LogP contribution in [0.15, 0.2) is 30.6 Å². The Morgan fingerprint density at radius 3 is 2.67 bits per heavy atom. The summed E-state index contributed by atoms with van der Waals surface area (Å²) >= 11 is 0. The highest BCUT2D eigenvalue weighted by Crippen LogP contribution is 2.33. The summed E-state index contributed by atoms with van der Waals surface area (Å²) in [4.78, 5) is 29.0. The van der Waals surface area contributed by atoms with Crippen molar-refractivity contribution in [3.63, 3.8) is 0 Å². The highest BCUT2D eigenvalue weighted by atomic mass is 16.2. The molecule has 0 spiro atoms. The van der Waals surface area contributed by atoms with Gasteiger partial charge in [0.15, 0.2) is 0 Å². The van der Waals surface area contributed by atoms with Crippen molar-refractivity contribution in [1.29, 1.82) is 0 Å². The minimum Gasteiger partial charge on any atom is -0.352 e. The van der Waals surface area contributed by atoms with Gasteiger partial charge in [-0.15, -0.1) is 0 Å². The first kappa shape index (κ1) is 16.4. The minimum absolute atomic E-state index is 0.0857. The number of aryl methyl sites for hydroxylation is 1. The highest BCUT2D eigenvalue weighted by molar-refractivity contribution is 5.74.